The quantitative estimate of drug-likeness (QED) is 0.737. The SMILES string of the molecule is CC(C)CCN(C)C(=O)c1cocn1. The number of hydrogen-bond donors (Lipinski definition) is 0. The maximum absolute atomic E-state index is 11.6. The zero-order valence-electron chi connectivity index (χ0n) is 8.86. The van der Waals surface area contributed by atoms with E-state index in [2.05, 4.69) is 18.8 Å². The number of aromatic nitrogens is 1. The largest absolute Gasteiger partial charge is 0.451 e. The van der Waals surface area contributed by atoms with Crippen LogP contribution in [-0.4, -0.2) is 29.4 Å². The van der Waals surface area contributed by atoms with Gasteiger partial charge in [-0.05, 0) is 12.3 Å². The van der Waals surface area contributed by atoms with Crippen LogP contribution in [0.3, 0.4) is 0 Å². The van der Waals surface area contributed by atoms with Crippen LogP contribution in [0.25, 0.3) is 0 Å². The van der Waals surface area contributed by atoms with Gasteiger partial charge in [0.25, 0.3) is 5.91 Å². The van der Waals surface area contributed by atoms with E-state index in [0.717, 1.165) is 13.0 Å². The molecule has 0 aliphatic rings. The van der Waals surface area contributed by atoms with Crippen molar-refractivity contribution in [3.05, 3.63) is 18.4 Å². The summed E-state index contributed by atoms with van der Waals surface area (Å²) in [6.45, 7) is 5.02. The summed E-state index contributed by atoms with van der Waals surface area (Å²) in [6.07, 6.45) is 3.64. The van der Waals surface area contributed by atoms with Crippen LogP contribution in [0.4, 0.5) is 0 Å². The van der Waals surface area contributed by atoms with Gasteiger partial charge in [0.1, 0.15) is 6.26 Å². The average Bonchev–Trinajstić information content (AvgIpc) is 2.65. The van der Waals surface area contributed by atoms with Crippen molar-refractivity contribution < 1.29 is 9.21 Å². The topological polar surface area (TPSA) is 46.3 Å². The van der Waals surface area contributed by atoms with Gasteiger partial charge in [-0.3, -0.25) is 4.79 Å². The highest BCUT2D eigenvalue weighted by Crippen LogP contribution is 2.04. The minimum atomic E-state index is -0.0839. The second-order valence-corrected chi connectivity index (χ2v) is 3.78. The lowest BCUT2D eigenvalue weighted by molar-refractivity contribution is 0.0783. The standard InChI is InChI=1S/C10H16N2O2/c1-8(2)4-5-12(3)10(13)9-6-14-7-11-9/h6-8H,4-5H2,1-3H3. The van der Waals surface area contributed by atoms with Crippen LogP contribution in [0, 0.1) is 5.92 Å². The van der Waals surface area contributed by atoms with Crippen molar-refractivity contribution >= 4 is 5.91 Å². The molecular weight excluding hydrogens is 180 g/mol. The Labute approximate surface area is 83.9 Å². The Morgan fingerprint density at radius 3 is 2.86 bits per heavy atom. The molecule has 4 nitrogen and oxygen atoms in total. The molecule has 14 heavy (non-hydrogen) atoms. The van der Waals surface area contributed by atoms with Crippen LogP contribution in [0.15, 0.2) is 17.1 Å². The van der Waals surface area contributed by atoms with Gasteiger partial charge in [0.05, 0.1) is 0 Å². The number of amides is 1. The molecule has 4 heteroatoms. The third-order valence-corrected chi connectivity index (χ3v) is 2.04. The van der Waals surface area contributed by atoms with Crippen molar-refractivity contribution in [1.82, 2.24) is 9.88 Å². The molecule has 0 aliphatic carbocycles. The molecule has 1 aromatic heterocycles. The summed E-state index contributed by atoms with van der Waals surface area (Å²) in [5, 5.41) is 0. The number of nitrogens with zero attached hydrogens (tertiary/aromatic N) is 2. The first-order chi connectivity index (χ1) is 6.61. The molecule has 0 aliphatic heterocycles. The van der Waals surface area contributed by atoms with Crippen molar-refractivity contribution in [3.8, 4) is 0 Å². The number of rotatable bonds is 4. The zero-order valence-corrected chi connectivity index (χ0v) is 8.86. The van der Waals surface area contributed by atoms with Gasteiger partial charge >= 0.3 is 0 Å². The molecule has 0 atom stereocenters. The molecule has 0 N–H and O–H groups in total. The predicted molar refractivity (Wildman–Crippen MR) is 52.9 cm³/mol. The van der Waals surface area contributed by atoms with Crippen molar-refractivity contribution in [2.75, 3.05) is 13.6 Å². The minimum absolute atomic E-state index is 0.0839. The molecule has 1 aromatic rings. The van der Waals surface area contributed by atoms with Gasteiger partial charge in [-0.1, -0.05) is 13.8 Å². The van der Waals surface area contributed by atoms with Crippen LogP contribution in [0.2, 0.25) is 0 Å². The number of oxazole rings is 1. The predicted octanol–water partition coefficient (Wildman–Crippen LogP) is 1.79. The van der Waals surface area contributed by atoms with E-state index in [1.807, 2.05) is 0 Å². The molecule has 0 spiro atoms. The van der Waals surface area contributed by atoms with E-state index in [1.165, 1.54) is 12.7 Å². The third kappa shape index (κ3) is 2.87. The monoisotopic (exact) mass is 196 g/mol. The summed E-state index contributed by atoms with van der Waals surface area (Å²) in [7, 11) is 1.78. The lowest BCUT2D eigenvalue weighted by atomic mass is 10.1. The second kappa shape index (κ2) is 4.79. The Kier molecular flexibility index (Phi) is 3.68. The van der Waals surface area contributed by atoms with E-state index >= 15 is 0 Å². The summed E-state index contributed by atoms with van der Waals surface area (Å²) in [5.74, 6) is 0.516. The van der Waals surface area contributed by atoms with Crippen LogP contribution in [-0.2, 0) is 0 Å². The van der Waals surface area contributed by atoms with Gasteiger partial charge in [-0.25, -0.2) is 4.98 Å². The third-order valence-electron chi connectivity index (χ3n) is 2.04. The molecule has 1 amide bonds. The summed E-state index contributed by atoms with van der Waals surface area (Å²) in [6, 6.07) is 0. The van der Waals surface area contributed by atoms with E-state index in [0.29, 0.717) is 11.6 Å². The van der Waals surface area contributed by atoms with Crippen molar-refractivity contribution in [2.24, 2.45) is 5.92 Å². The second-order valence-electron chi connectivity index (χ2n) is 3.78. The molecule has 0 saturated carbocycles. The Hall–Kier alpha value is -1.32. The van der Waals surface area contributed by atoms with Gasteiger partial charge < -0.3 is 9.32 Å². The Bertz CT molecular complexity index is 280. The lowest BCUT2D eigenvalue weighted by Crippen LogP contribution is -2.28. The first-order valence-corrected chi connectivity index (χ1v) is 4.75. The highest BCUT2D eigenvalue weighted by Gasteiger charge is 2.13. The molecule has 0 unspecified atom stereocenters. The molecule has 0 saturated heterocycles. The van der Waals surface area contributed by atoms with E-state index in [4.69, 9.17) is 4.42 Å². The van der Waals surface area contributed by atoms with Gasteiger partial charge in [0, 0.05) is 13.6 Å². The summed E-state index contributed by atoms with van der Waals surface area (Å²) < 4.78 is 4.75. The fourth-order valence-electron chi connectivity index (χ4n) is 1.07. The smallest absolute Gasteiger partial charge is 0.275 e. The fraction of sp³-hybridized carbons (Fsp3) is 0.600. The van der Waals surface area contributed by atoms with Gasteiger partial charge in [0.2, 0.25) is 0 Å². The summed E-state index contributed by atoms with van der Waals surface area (Å²) in [5.41, 5.74) is 0.372. The Morgan fingerprint density at radius 1 is 1.64 bits per heavy atom. The number of carbonyl (C=O) groups excluding carboxylic acids is 1. The summed E-state index contributed by atoms with van der Waals surface area (Å²) in [4.78, 5) is 17.1. The van der Waals surface area contributed by atoms with Crippen LogP contribution < -0.4 is 0 Å². The maximum atomic E-state index is 11.6. The normalized spacial score (nSPS) is 10.6. The Morgan fingerprint density at radius 2 is 2.36 bits per heavy atom. The molecule has 1 rings (SSSR count). The fourth-order valence-corrected chi connectivity index (χ4v) is 1.07. The van der Waals surface area contributed by atoms with E-state index in [9.17, 15) is 4.79 Å². The van der Waals surface area contributed by atoms with Crippen molar-refractivity contribution in [2.45, 2.75) is 20.3 Å². The first kappa shape index (κ1) is 10.8. The number of carbonyl (C=O) groups is 1. The number of hydrogen-bond acceptors (Lipinski definition) is 3. The molecule has 0 radical (unpaired) electrons. The maximum Gasteiger partial charge on any atom is 0.275 e. The zero-order chi connectivity index (χ0) is 10.6. The first-order valence-electron chi connectivity index (χ1n) is 4.75. The van der Waals surface area contributed by atoms with Crippen molar-refractivity contribution in [3.63, 3.8) is 0 Å². The Balaban J connectivity index is 2.45. The highest BCUT2D eigenvalue weighted by molar-refractivity contribution is 5.91. The van der Waals surface area contributed by atoms with Crippen molar-refractivity contribution in [1.29, 1.82) is 0 Å². The lowest BCUT2D eigenvalue weighted by Gasteiger charge is -2.16. The van der Waals surface area contributed by atoms with Crippen LogP contribution in [0.5, 0.6) is 0 Å². The van der Waals surface area contributed by atoms with Crippen LogP contribution >= 0.6 is 0 Å². The molecule has 1 heterocycles. The van der Waals surface area contributed by atoms with Gasteiger partial charge in [-0.15, -0.1) is 0 Å². The van der Waals surface area contributed by atoms with Crippen LogP contribution in [0.1, 0.15) is 30.8 Å². The van der Waals surface area contributed by atoms with E-state index < -0.39 is 0 Å². The molecule has 0 aromatic carbocycles. The summed E-state index contributed by atoms with van der Waals surface area (Å²) >= 11 is 0. The molecule has 78 valence electrons. The van der Waals surface area contributed by atoms with Gasteiger partial charge in [0.15, 0.2) is 12.1 Å². The highest BCUT2D eigenvalue weighted by atomic mass is 16.3. The average molecular weight is 196 g/mol. The van der Waals surface area contributed by atoms with E-state index in [-0.39, 0.29) is 5.91 Å². The van der Waals surface area contributed by atoms with Gasteiger partial charge in [-0.2, -0.15) is 0 Å². The van der Waals surface area contributed by atoms with E-state index in [1.54, 1.807) is 11.9 Å². The molecule has 0 bridgehead atoms. The minimum Gasteiger partial charge on any atom is -0.451 e. The molecule has 0 fully saturated rings. The molecular formula is C10H16N2O2.